The molecule has 0 bridgehead atoms. The van der Waals surface area contributed by atoms with E-state index in [0.717, 1.165) is 27.7 Å². The molecule has 1 N–H and O–H groups in total. The first-order chi connectivity index (χ1) is 8.74. The summed E-state index contributed by atoms with van der Waals surface area (Å²) in [5, 5.41) is 4.93. The maximum Gasteiger partial charge on any atom is 0.256 e. The van der Waals surface area contributed by atoms with Crippen molar-refractivity contribution in [2.24, 2.45) is 0 Å². The van der Waals surface area contributed by atoms with Gasteiger partial charge in [0.05, 0.1) is 0 Å². The fourth-order valence-electron chi connectivity index (χ4n) is 2.01. The highest BCUT2D eigenvalue weighted by molar-refractivity contribution is 9.10. The maximum absolute atomic E-state index is 11.9. The van der Waals surface area contributed by atoms with E-state index in [4.69, 9.17) is 0 Å². The lowest BCUT2D eigenvalue weighted by Crippen LogP contribution is -2.03. The molecule has 0 radical (unpaired) electrons. The van der Waals surface area contributed by atoms with Crippen LogP contribution in [0.15, 0.2) is 46.3 Å². The van der Waals surface area contributed by atoms with Crippen molar-refractivity contribution in [3.05, 3.63) is 56.7 Å². The lowest BCUT2D eigenvalue weighted by molar-refractivity contribution is -0.110. The Morgan fingerprint density at radius 2 is 2.17 bits per heavy atom. The van der Waals surface area contributed by atoms with Crippen molar-refractivity contribution in [2.75, 3.05) is 5.32 Å². The van der Waals surface area contributed by atoms with Crippen LogP contribution in [0.3, 0.4) is 0 Å². The van der Waals surface area contributed by atoms with Crippen LogP contribution in [0.25, 0.3) is 5.57 Å². The van der Waals surface area contributed by atoms with Gasteiger partial charge < -0.3 is 5.32 Å². The van der Waals surface area contributed by atoms with E-state index < -0.39 is 0 Å². The number of hydrogen-bond donors (Lipinski definition) is 1. The van der Waals surface area contributed by atoms with Gasteiger partial charge >= 0.3 is 0 Å². The minimum Gasteiger partial charge on any atom is -0.321 e. The van der Waals surface area contributed by atoms with Gasteiger partial charge in [0.15, 0.2) is 0 Å². The van der Waals surface area contributed by atoms with Crippen LogP contribution < -0.4 is 5.32 Å². The topological polar surface area (TPSA) is 29.1 Å². The number of halogens is 1. The number of anilines is 1. The van der Waals surface area contributed by atoms with E-state index in [1.807, 2.05) is 30.3 Å². The predicted octanol–water partition coefficient (Wildman–Crippen LogP) is 4.09. The minimum atomic E-state index is -0.00757. The van der Waals surface area contributed by atoms with Gasteiger partial charge in [-0.1, -0.05) is 24.3 Å². The number of hydrogen-bond acceptors (Lipinski definition) is 2. The average Bonchev–Trinajstić information content (AvgIpc) is 2.90. The molecule has 0 saturated heterocycles. The molecule has 1 aromatic heterocycles. The first kappa shape index (κ1) is 11.7. The normalized spacial score (nSPS) is 15.8. The molecule has 0 unspecified atom stereocenters. The third-order valence-electron chi connectivity index (χ3n) is 2.84. The molecule has 18 heavy (non-hydrogen) atoms. The molecule has 0 spiro atoms. The summed E-state index contributed by atoms with van der Waals surface area (Å²) in [6.45, 7) is 0. The molecule has 1 aliphatic heterocycles. The summed E-state index contributed by atoms with van der Waals surface area (Å²) in [5.41, 5.74) is 2.68. The van der Waals surface area contributed by atoms with E-state index in [1.165, 1.54) is 4.88 Å². The number of para-hydroxylation sites is 1. The first-order valence-electron chi connectivity index (χ1n) is 5.58. The summed E-state index contributed by atoms with van der Waals surface area (Å²) in [5.74, 6) is -0.00757. The zero-order valence-electron chi connectivity index (χ0n) is 9.44. The van der Waals surface area contributed by atoms with Gasteiger partial charge in [-0.2, -0.15) is 0 Å². The van der Waals surface area contributed by atoms with Crippen molar-refractivity contribution in [3.8, 4) is 0 Å². The third kappa shape index (κ3) is 2.13. The van der Waals surface area contributed by atoms with E-state index in [0.29, 0.717) is 0 Å². The molecular weight excluding hydrogens is 310 g/mol. The van der Waals surface area contributed by atoms with Gasteiger partial charge in [-0.25, -0.2) is 0 Å². The highest BCUT2D eigenvalue weighted by Crippen LogP contribution is 2.32. The van der Waals surface area contributed by atoms with Crippen LogP contribution in [0.5, 0.6) is 0 Å². The molecule has 3 rings (SSSR count). The van der Waals surface area contributed by atoms with Crippen molar-refractivity contribution in [3.63, 3.8) is 0 Å². The van der Waals surface area contributed by atoms with E-state index in [-0.39, 0.29) is 5.91 Å². The van der Waals surface area contributed by atoms with Crippen molar-refractivity contribution in [2.45, 2.75) is 6.42 Å². The third-order valence-corrected chi connectivity index (χ3v) is 4.56. The number of carbonyl (C=O) groups excluding carboxylic acids is 1. The quantitative estimate of drug-likeness (QED) is 0.830. The molecule has 1 aromatic carbocycles. The number of benzene rings is 1. The summed E-state index contributed by atoms with van der Waals surface area (Å²) >= 11 is 5.13. The molecule has 1 aliphatic rings. The highest BCUT2D eigenvalue weighted by atomic mass is 79.9. The largest absolute Gasteiger partial charge is 0.321 e. The number of amides is 1. The smallest absolute Gasteiger partial charge is 0.256 e. The number of allylic oxidation sites excluding steroid dienone is 1. The molecule has 0 fully saturated rings. The van der Waals surface area contributed by atoms with Crippen molar-refractivity contribution in [1.29, 1.82) is 0 Å². The predicted molar refractivity (Wildman–Crippen MR) is 78.8 cm³/mol. The Balaban J connectivity index is 1.90. The van der Waals surface area contributed by atoms with Gasteiger partial charge in [-0.15, -0.1) is 11.3 Å². The Hall–Kier alpha value is -1.39. The Kier molecular flexibility index (Phi) is 3.06. The van der Waals surface area contributed by atoms with Gasteiger partial charge in [-0.05, 0) is 28.1 Å². The van der Waals surface area contributed by atoms with Crippen molar-refractivity contribution >= 4 is 44.4 Å². The Bertz CT molecular complexity index is 645. The molecule has 1 amide bonds. The fraction of sp³-hybridized carbons (Fsp3) is 0.0714. The van der Waals surface area contributed by atoms with Gasteiger partial charge in [0, 0.05) is 38.0 Å². The number of carbonyl (C=O) groups is 1. The molecular formula is C14H10BrNOS. The molecule has 0 atom stereocenters. The highest BCUT2D eigenvalue weighted by Gasteiger charge is 2.22. The second kappa shape index (κ2) is 4.71. The maximum atomic E-state index is 11.9. The molecule has 4 heteroatoms. The number of thiophene rings is 1. The van der Waals surface area contributed by atoms with Gasteiger partial charge in [0.2, 0.25) is 0 Å². The number of rotatable bonds is 2. The van der Waals surface area contributed by atoms with Crippen LogP contribution in [-0.2, 0) is 11.2 Å². The van der Waals surface area contributed by atoms with E-state index in [1.54, 1.807) is 11.3 Å². The standard InChI is InChI=1S/C14H10BrNOS/c15-9-7-10(18-8-9)5-6-12-11-3-1-2-4-13(11)16-14(12)17/h1-4,6-8H,5H2,(H,16,17). The molecule has 0 saturated carbocycles. The lowest BCUT2D eigenvalue weighted by Gasteiger charge is -1.96. The fourth-order valence-corrected chi connectivity index (χ4v) is 3.42. The Labute approximate surface area is 117 Å². The van der Waals surface area contributed by atoms with Crippen molar-refractivity contribution < 1.29 is 4.79 Å². The summed E-state index contributed by atoms with van der Waals surface area (Å²) in [7, 11) is 0. The van der Waals surface area contributed by atoms with Gasteiger partial charge in [0.25, 0.3) is 5.91 Å². The second-order valence-electron chi connectivity index (χ2n) is 4.05. The molecule has 2 heterocycles. The average molecular weight is 320 g/mol. The van der Waals surface area contributed by atoms with E-state index >= 15 is 0 Å². The minimum absolute atomic E-state index is 0.00757. The zero-order valence-corrected chi connectivity index (χ0v) is 11.8. The first-order valence-corrected chi connectivity index (χ1v) is 7.25. The summed E-state index contributed by atoms with van der Waals surface area (Å²) < 4.78 is 1.09. The summed E-state index contributed by atoms with van der Waals surface area (Å²) in [6, 6.07) is 9.87. The van der Waals surface area contributed by atoms with Crippen LogP contribution in [0.4, 0.5) is 5.69 Å². The van der Waals surface area contributed by atoms with Crippen molar-refractivity contribution in [1.82, 2.24) is 0 Å². The molecule has 0 aliphatic carbocycles. The van der Waals surface area contributed by atoms with E-state index in [2.05, 4.69) is 32.7 Å². The molecule has 90 valence electrons. The second-order valence-corrected chi connectivity index (χ2v) is 5.96. The van der Waals surface area contributed by atoms with Crippen LogP contribution in [0.1, 0.15) is 10.4 Å². The van der Waals surface area contributed by atoms with Crippen LogP contribution in [-0.4, -0.2) is 5.91 Å². The lowest BCUT2D eigenvalue weighted by atomic mass is 10.1. The van der Waals surface area contributed by atoms with Crippen LogP contribution >= 0.6 is 27.3 Å². The molecule has 2 nitrogen and oxygen atoms in total. The molecule has 2 aromatic rings. The number of nitrogens with one attached hydrogen (secondary N) is 1. The zero-order chi connectivity index (χ0) is 12.5. The van der Waals surface area contributed by atoms with Crippen LogP contribution in [0.2, 0.25) is 0 Å². The van der Waals surface area contributed by atoms with E-state index in [9.17, 15) is 4.79 Å². The summed E-state index contributed by atoms with van der Waals surface area (Å²) in [4.78, 5) is 13.1. The Morgan fingerprint density at radius 3 is 2.94 bits per heavy atom. The summed E-state index contributed by atoms with van der Waals surface area (Å²) in [6.07, 6.45) is 2.78. The van der Waals surface area contributed by atoms with Gasteiger partial charge in [0.1, 0.15) is 0 Å². The Morgan fingerprint density at radius 1 is 1.33 bits per heavy atom. The van der Waals surface area contributed by atoms with Gasteiger partial charge in [-0.3, -0.25) is 4.79 Å². The van der Waals surface area contributed by atoms with Crippen LogP contribution in [0, 0.1) is 0 Å². The SMILES string of the molecule is O=C1Nc2ccccc2C1=CCc1cc(Br)cs1. The monoisotopic (exact) mass is 319 g/mol. The number of fused-ring (bicyclic) bond motifs is 1.